The average molecular weight is 867 g/mol. The Morgan fingerprint density at radius 1 is 0.746 bits per heavy atom. The molecule has 0 saturated heterocycles. The zero-order chi connectivity index (χ0) is 44.9. The molecule has 4 aliphatic rings. The molecule has 4 heterocycles. The Morgan fingerprint density at radius 3 is 2.45 bits per heavy atom. The first-order valence-electron chi connectivity index (χ1n) is 23.8. The molecule has 0 bridgehead atoms. The molecule has 2 unspecified atom stereocenters. The molecular formula is C62H50N4O. The van der Waals surface area contributed by atoms with E-state index in [9.17, 15) is 0 Å². The lowest BCUT2D eigenvalue weighted by Gasteiger charge is -2.37. The van der Waals surface area contributed by atoms with E-state index >= 15 is 0 Å². The summed E-state index contributed by atoms with van der Waals surface area (Å²) in [5.41, 5.74) is 20.2. The molecule has 13 rings (SSSR count). The van der Waals surface area contributed by atoms with Crippen LogP contribution in [-0.2, 0) is 6.42 Å². The Balaban J connectivity index is 1.06. The molecule has 3 aromatic heterocycles. The van der Waals surface area contributed by atoms with E-state index in [2.05, 4.69) is 224 Å². The topological polar surface area (TPSA) is 38.6 Å². The van der Waals surface area contributed by atoms with Gasteiger partial charge in [0.05, 0.1) is 33.7 Å². The molecule has 2 atom stereocenters. The Morgan fingerprint density at radius 2 is 1.55 bits per heavy atom. The first kappa shape index (κ1) is 39.5. The number of nitrogens with zero attached hydrogens (tertiary/aromatic N) is 4. The van der Waals surface area contributed by atoms with Crippen LogP contribution in [0, 0.1) is 6.92 Å². The molecule has 6 aromatic carbocycles. The number of allylic oxidation sites excluding steroid dienone is 5. The second-order valence-electron chi connectivity index (χ2n) is 18.7. The molecule has 9 aromatic rings. The van der Waals surface area contributed by atoms with Crippen LogP contribution in [0.3, 0.4) is 0 Å². The van der Waals surface area contributed by atoms with Crippen molar-refractivity contribution in [3.05, 3.63) is 214 Å². The van der Waals surface area contributed by atoms with Crippen molar-refractivity contribution >= 4 is 67.9 Å². The summed E-state index contributed by atoms with van der Waals surface area (Å²) < 4.78 is 11.7. The van der Waals surface area contributed by atoms with Crippen LogP contribution in [0.25, 0.3) is 89.8 Å². The highest BCUT2D eigenvalue weighted by atomic mass is 16.3. The second-order valence-corrected chi connectivity index (χ2v) is 18.7. The van der Waals surface area contributed by atoms with Gasteiger partial charge in [0, 0.05) is 51.3 Å². The summed E-state index contributed by atoms with van der Waals surface area (Å²) in [7, 11) is 2.20. The molecule has 0 amide bonds. The maximum atomic E-state index is 6.89. The van der Waals surface area contributed by atoms with Gasteiger partial charge in [0.2, 0.25) is 5.96 Å². The van der Waals surface area contributed by atoms with Crippen molar-refractivity contribution in [3.8, 4) is 27.9 Å². The monoisotopic (exact) mass is 866 g/mol. The highest BCUT2D eigenvalue weighted by Gasteiger charge is 2.34. The first-order chi connectivity index (χ1) is 32.9. The van der Waals surface area contributed by atoms with E-state index in [0.717, 1.165) is 86.1 Å². The third-order valence-electron chi connectivity index (χ3n) is 14.7. The van der Waals surface area contributed by atoms with Crippen molar-refractivity contribution in [2.24, 2.45) is 4.99 Å². The lowest BCUT2D eigenvalue weighted by Crippen LogP contribution is -2.44. The Kier molecular flexibility index (Phi) is 9.04. The third-order valence-corrected chi connectivity index (χ3v) is 14.7. The van der Waals surface area contributed by atoms with Crippen LogP contribution in [0.2, 0.25) is 0 Å². The van der Waals surface area contributed by atoms with Gasteiger partial charge in [-0.1, -0.05) is 134 Å². The quantitative estimate of drug-likeness (QED) is 0.173. The van der Waals surface area contributed by atoms with E-state index in [1.807, 2.05) is 0 Å². The Hall–Kier alpha value is -7.89. The van der Waals surface area contributed by atoms with E-state index in [-0.39, 0.29) is 6.04 Å². The summed E-state index contributed by atoms with van der Waals surface area (Å²) in [4.78, 5) is 8.19. The molecule has 1 aliphatic heterocycles. The molecule has 0 radical (unpaired) electrons. The second kappa shape index (κ2) is 15.4. The number of para-hydroxylation sites is 2. The minimum Gasteiger partial charge on any atom is -0.460 e. The van der Waals surface area contributed by atoms with Crippen molar-refractivity contribution in [3.63, 3.8) is 0 Å². The fraction of sp³-hybridized carbons (Fsp3) is 0.145. The summed E-state index contributed by atoms with van der Waals surface area (Å²) in [6.07, 6.45) is 23.2. The number of furan rings is 1. The maximum absolute atomic E-state index is 6.89. The van der Waals surface area contributed by atoms with E-state index < -0.39 is 0 Å². The van der Waals surface area contributed by atoms with Crippen molar-refractivity contribution < 1.29 is 4.42 Å². The van der Waals surface area contributed by atoms with Crippen molar-refractivity contribution in [2.45, 2.75) is 52.0 Å². The maximum Gasteiger partial charge on any atom is 0.211 e. The van der Waals surface area contributed by atoms with Crippen LogP contribution < -0.4 is 0 Å². The summed E-state index contributed by atoms with van der Waals surface area (Å²) >= 11 is 0. The molecule has 5 nitrogen and oxygen atoms in total. The molecule has 0 fully saturated rings. The van der Waals surface area contributed by atoms with Gasteiger partial charge in [0.1, 0.15) is 11.3 Å². The van der Waals surface area contributed by atoms with Gasteiger partial charge in [-0.2, -0.15) is 0 Å². The van der Waals surface area contributed by atoms with E-state index in [0.29, 0.717) is 5.92 Å². The van der Waals surface area contributed by atoms with Gasteiger partial charge in [0.15, 0.2) is 0 Å². The molecule has 324 valence electrons. The van der Waals surface area contributed by atoms with Crippen LogP contribution >= 0.6 is 0 Å². The molecule has 0 spiro atoms. The number of aromatic nitrogens is 2. The molecule has 5 heteroatoms. The number of hydrogen-bond acceptors (Lipinski definition) is 3. The lowest BCUT2D eigenvalue weighted by molar-refractivity contribution is 0.448. The van der Waals surface area contributed by atoms with E-state index in [1.165, 1.54) is 61.2 Å². The largest absolute Gasteiger partial charge is 0.460 e. The number of hydrogen-bond donors (Lipinski definition) is 0. The number of aryl methyl sites for hydroxylation is 2. The summed E-state index contributed by atoms with van der Waals surface area (Å²) in [5, 5.41) is 4.66. The summed E-state index contributed by atoms with van der Waals surface area (Å²) in [6.45, 7) is 6.52. The van der Waals surface area contributed by atoms with Gasteiger partial charge in [-0.15, -0.1) is 0 Å². The van der Waals surface area contributed by atoms with Crippen molar-refractivity contribution in [1.82, 2.24) is 14.0 Å². The van der Waals surface area contributed by atoms with Gasteiger partial charge in [-0.3, -0.25) is 4.57 Å². The number of likely N-dealkylation sites (N-methyl/N-ethyl adjacent to an activating group) is 1. The molecule has 0 N–H and O–H groups in total. The summed E-state index contributed by atoms with van der Waals surface area (Å²) in [5.74, 6) is 2.18. The number of benzene rings is 6. The highest BCUT2D eigenvalue weighted by molar-refractivity contribution is 6.27. The molecule has 3 aliphatic carbocycles. The SMILES string of the molecule is C/C=C\c1c(C)oc2c1cc(-c1cccc(-c3ccc4c(c3)c3c(n4-c4ccccc4)C=CCC3)c1)c1c2c2ccccc2n1C1=NC(C2=Cc3ccccc3C(C)C2)=C2C=CC=CC2N1C. The predicted octanol–water partition coefficient (Wildman–Crippen LogP) is 15.6. The normalized spacial score (nSPS) is 17.8. The number of rotatable bonds is 5. The van der Waals surface area contributed by atoms with Crippen LogP contribution in [-0.4, -0.2) is 33.1 Å². The molecule has 67 heavy (non-hydrogen) atoms. The van der Waals surface area contributed by atoms with Crippen LogP contribution in [0.1, 0.15) is 66.3 Å². The molecular weight excluding hydrogens is 817 g/mol. The fourth-order valence-electron chi connectivity index (χ4n) is 11.6. The smallest absolute Gasteiger partial charge is 0.211 e. The van der Waals surface area contributed by atoms with Crippen molar-refractivity contribution in [1.29, 1.82) is 0 Å². The van der Waals surface area contributed by atoms with Gasteiger partial charge in [-0.25, -0.2) is 4.99 Å². The van der Waals surface area contributed by atoms with Gasteiger partial charge in [0.25, 0.3) is 0 Å². The van der Waals surface area contributed by atoms with Crippen LogP contribution in [0.4, 0.5) is 0 Å². The Labute approximate surface area is 391 Å². The van der Waals surface area contributed by atoms with Crippen LogP contribution in [0.5, 0.6) is 0 Å². The highest BCUT2D eigenvalue weighted by Crippen LogP contribution is 2.47. The fourth-order valence-corrected chi connectivity index (χ4v) is 11.6. The lowest BCUT2D eigenvalue weighted by atomic mass is 9.81. The first-order valence-corrected chi connectivity index (χ1v) is 23.8. The van der Waals surface area contributed by atoms with Gasteiger partial charge in [-0.05, 0) is 133 Å². The predicted molar refractivity (Wildman–Crippen MR) is 281 cm³/mol. The summed E-state index contributed by atoms with van der Waals surface area (Å²) in [6, 6.07) is 47.0. The molecule has 0 saturated carbocycles. The van der Waals surface area contributed by atoms with Gasteiger partial charge < -0.3 is 13.9 Å². The van der Waals surface area contributed by atoms with Crippen molar-refractivity contribution in [2.75, 3.05) is 7.05 Å². The average Bonchev–Trinajstić information content (AvgIpc) is 4.01. The zero-order valence-corrected chi connectivity index (χ0v) is 38.3. The Bertz CT molecular complexity index is 3780. The standard InChI is InChI=1S/C62H50N4O/c1-5-18-47-39(3)67-61-53(47)37-51(43-21-17-20-40(34-43)41-31-32-57-52(36-41)48-25-11-15-29-55(48)65(57)45-22-7-6-8-23-45)60-58(61)49-26-12-16-30-56(49)66(60)62-63-59(50-27-13-14-28-54(50)64(62)4)44-33-38(2)46-24-10-9-19-42(46)35-44/h5-10,12-24,26-32,34-38,54H,11,25,33H2,1-4H3/b18-5-. The zero-order valence-electron chi connectivity index (χ0n) is 38.3. The minimum atomic E-state index is 0.00709. The third kappa shape index (κ3) is 6.04. The number of fused-ring (bicyclic) bond motifs is 10. The van der Waals surface area contributed by atoms with Crippen LogP contribution in [0.15, 0.2) is 190 Å². The van der Waals surface area contributed by atoms with E-state index in [1.54, 1.807) is 0 Å². The number of aliphatic imine (C=N–C) groups is 1. The van der Waals surface area contributed by atoms with E-state index in [4.69, 9.17) is 9.41 Å². The van der Waals surface area contributed by atoms with Gasteiger partial charge >= 0.3 is 0 Å². The minimum absolute atomic E-state index is 0.00709.